The summed E-state index contributed by atoms with van der Waals surface area (Å²) in [6.45, 7) is 1.28. The lowest BCUT2D eigenvalue weighted by Crippen LogP contribution is -2.43. The van der Waals surface area contributed by atoms with Gasteiger partial charge in [-0.1, -0.05) is 18.2 Å². The Morgan fingerprint density at radius 3 is 2.43 bits per heavy atom. The molecule has 28 heavy (non-hydrogen) atoms. The van der Waals surface area contributed by atoms with E-state index in [1.54, 1.807) is 47.2 Å². The van der Waals surface area contributed by atoms with Gasteiger partial charge in [-0.25, -0.2) is 8.42 Å². The normalized spacial score (nSPS) is 15.9. The molecule has 0 aliphatic carbocycles. The van der Waals surface area contributed by atoms with Crippen LogP contribution in [0.15, 0.2) is 52.1 Å². The highest BCUT2D eigenvalue weighted by atomic mass is 32.2. The van der Waals surface area contributed by atoms with Gasteiger partial charge in [-0.3, -0.25) is 9.59 Å². The summed E-state index contributed by atoms with van der Waals surface area (Å²) in [4.78, 5) is 24.1. The molecule has 1 aromatic heterocycles. The van der Waals surface area contributed by atoms with Gasteiger partial charge in [0, 0.05) is 30.6 Å². The third-order valence-electron chi connectivity index (χ3n) is 4.74. The molecule has 2 amide bonds. The lowest BCUT2D eigenvalue weighted by Gasteiger charge is -2.31. The Balaban J connectivity index is 1.40. The van der Waals surface area contributed by atoms with Crippen molar-refractivity contribution in [3.63, 3.8) is 0 Å². The van der Waals surface area contributed by atoms with Crippen molar-refractivity contribution in [2.24, 2.45) is 5.92 Å². The predicted octanol–water partition coefficient (Wildman–Crippen LogP) is 1.69. The minimum absolute atomic E-state index is 0.0735. The third-order valence-corrected chi connectivity index (χ3v) is 7.33. The van der Waals surface area contributed by atoms with Crippen molar-refractivity contribution in [3.8, 4) is 0 Å². The van der Waals surface area contributed by atoms with Gasteiger partial charge in [-0.05, 0) is 42.3 Å². The third kappa shape index (κ3) is 5.18. The molecule has 3 rings (SSSR count). The Bertz CT molecular complexity index is 891. The first-order valence-electron chi connectivity index (χ1n) is 9.09. The van der Waals surface area contributed by atoms with Crippen molar-refractivity contribution in [1.82, 2.24) is 14.9 Å². The largest absolute Gasteiger partial charge is 0.354 e. The van der Waals surface area contributed by atoms with Gasteiger partial charge in [0.2, 0.25) is 15.9 Å². The number of rotatable bonds is 7. The zero-order chi connectivity index (χ0) is 20.0. The van der Waals surface area contributed by atoms with E-state index in [2.05, 4.69) is 10.6 Å². The summed E-state index contributed by atoms with van der Waals surface area (Å²) < 4.78 is 26.7. The molecule has 0 bridgehead atoms. The van der Waals surface area contributed by atoms with Crippen LogP contribution in [0.2, 0.25) is 0 Å². The van der Waals surface area contributed by atoms with Crippen LogP contribution in [-0.2, 0) is 14.8 Å². The molecule has 1 aromatic carbocycles. The van der Waals surface area contributed by atoms with E-state index < -0.39 is 10.0 Å². The number of sulfonamides is 1. The minimum atomic E-state index is -3.46. The fourth-order valence-corrected chi connectivity index (χ4v) is 5.20. The average molecular weight is 422 g/mol. The number of nitrogens with one attached hydrogen (secondary N) is 2. The van der Waals surface area contributed by atoms with E-state index in [0.717, 1.165) is 0 Å². The van der Waals surface area contributed by atoms with E-state index in [0.29, 0.717) is 42.9 Å². The number of hydrogen-bond donors (Lipinski definition) is 2. The second kappa shape index (κ2) is 9.31. The number of nitrogens with zero attached hydrogens (tertiary/aromatic N) is 1. The summed E-state index contributed by atoms with van der Waals surface area (Å²) in [7, 11) is -3.46. The van der Waals surface area contributed by atoms with Crippen LogP contribution in [0.25, 0.3) is 0 Å². The molecule has 0 spiro atoms. The van der Waals surface area contributed by atoms with Crippen molar-refractivity contribution in [2.45, 2.75) is 17.7 Å². The number of hydrogen-bond acceptors (Lipinski definition) is 5. The van der Waals surface area contributed by atoms with Crippen LogP contribution >= 0.6 is 11.3 Å². The van der Waals surface area contributed by atoms with Crippen LogP contribution in [0.3, 0.4) is 0 Å². The molecule has 1 aliphatic rings. The van der Waals surface area contributed by atoms with E-state index >= 15 is 0 Å². The van der Waals surface area contributed by atoms with Gasteiger partial charge in [-0.2, -0.15) is 15.6 Å². The number of amides is 2. The van der Waals surface area contributed by atoms with Crippen molar-refractivity contribution in [1.29, 1.82) is 0 Å². The highest BCUT2D eigenvalue weighted by Crippen LogP contribution is 2.23. The van der Waals surface area contributed by atoms with Gasteiger partial charge in [0.05, 0.1) is 11.4 Å². The van der Waals surface area contributed by atoms with Gasteiger partial charge in [-0.15, -0.1) is 0 Å². The lowest BCUT2D eigenvalue weighted by atomic mass is 9.98. The second-order valence-electron chi connectivity index (χ2n) is 6.66. The molecule has 2 aromatic rings. The highest BCUT2D eigenvalue weighted by Gasteiger charge is 2.29. The summed E-state index contributed by atoms with van der Waals surface area (Å²) in [5.74, 6) is -0.294. The van der Waals surface area contributed by atoms with E-state index in [9.17, 15) is 18.0 Å². The smallest absolute Gasteiger partial charge is 0.252 e. The van der Waals surface area contributed by atoms with Crippen molar-refractivity contribution < 1.29 is 18.0 Å². The Morgan fingerprint density at radius 2 is 1.79 bits per heavy atom. The van der Waals surface area contributed by atoms with E-state index in [-0.39, 0.29) is 24.3 Å². The number of carbonyl (C=O) groups is 2. The van der Waals surface area contributed by atoms with Crippen LogP contribution < -0.4 is 10.6 Å². The van der Waals surface area contributed by atoms with E-state index in [1.165, 1.54) is 15.6 Å². The van der Waals surface area contributed by atoms with Crippen LogP contribution in [-0.4, -0.2) is 50.7 Å². The van der Waals surface area contributed by atoms with Crippen LogP contribution in [0.1, 0.15) is 23.2 Å². The Labute approximate surface area is 168 Å². The fraction of sp³-hybridized carbons (Fsp3) is 0.368. The van der Waals surface area contributed by atoms with Gasteiger partial charge in [0.25, 0.3) is 5.91 Å². The zero-order valence-corrected chi connectivity index (χ0v) is 17.0. The zero-order valence-electron chi connectivity index (χ0n) is 15.3. The number of thiophene rings is 1. The van der Waals surface area contributed by atoms with Gasteiger partial charge >= 0.3 is 0 Å². The maximum atomic E-state index is 12.6. The molecule has 1 fully saturated rings. The highest BCUT2D eigenvalue weighted by molar-refractivity contribution is 7.89. The number of carbonyl (C=O) groups excluding carboxylic acids is 2. The Hall–Kier alpha value is -2.23. The van der Waals surface area contributed by atoms with Crippen molar-refractivity contribution >= 4 is 33.2 Å². The summed E-state index contributed by atoms with van der Waals surface area (Å²) >= 11 is 1.42. The van der Waals surface area contributed by atoms with Crippen molar-refractivity contribution in [3.05, 3.63) is 52.7 Å². The first-order valence-corrected chi connectivity index (χ1v) is 11.5. The minimum Gasteiger partial charge on any atom is -0.354 e. The quantitative estimate of drug-likeness (QED) is 0.711. The average Bonchev–Trinajstić information content (AvgIpc) is 3.26. The molecule has 150 valence electrons. The molecular formula is C19H23N3O4S2. The van der Waals surface area contributed by atoms with Crippen LogP contribution in [0.5, 0.6) is 0 Å². The molecule has 9 heteroatoms. The first-order chi connectivity index (χ1) is 13.5. The maximum absolute atomic E-state index is 12.6. The Morgan fingerprint density at radius 1 is 1.07 bits per heavy atom. The fourth-order valence-electron chi connectivity index (χ4n) is 3.07. The van der Waals surface area contributed by atoms with Gasteiger partial charge in [0.1, 0.15) is 0 Å². The second-order valence-corrected chi connectivity index (χ2v) is 9.38. The molecule has 0 atom stereocenters. The predicted molar refractivity (Wildman–Crippen MR) is 108 cm³/mol. The SMILES string of the molecule is O=C(CNC(=O)c1ccsc1)NCC1CCN(S(=O)(=O)c2ccccc2)CC1. The molecule has 0 unspecified atom stereocenters. The number of benzene rings is 1. The molecular weight excluding hydrogens is 398 g/mol. The topological polar surface area (TPSA) is 95.6 Å². The summed E-state index contributed by atoms with van der Waals surface area (Å²) in [5, 5.41) is 8.94. The molecule has 1 aliphatic heterocycles. The van der Waals surface area contributed by atoms with Crippen LogP contribution in [0.4, 0.5) is 0 Å². The Kier molecular flexibility index (Phi) is 6.82. The summed E-state index contributed by atoms with van der Waals surface area (Å²) in [6, 6.07) is 10.1. The van der Waals surface area contributed by atoms with Gasteiger partial charge in [0.15, 0.2) is 0 Å². The molecule has 2 heterocycles. The van der Waals surface area contributed by atoms with Crippen LogP contribution in [0, 0.1) is 5.92 Å². The maximum Gasteiger partial charge on any atom is 0.252 e. The molecule has 0 radical (unpaired) electrons. The van der Waals surface area contributed by atoms with E-state index in [1.807, 2.05) is 0 Å². The summed E-state index contributed by atoms with van der Waals surface area (Å²) in [5.41, 5.74) is 0.546. The summed E-state index contributed by atoms with van der Waals surface area (Å²) in [6.07, 6.45) is 1.38. The van der Waals surface area contributed by atoms with Gasteiger partial charge < -0.3 is 10.6 Å². The van der Waals surface area contributed by atoms with E-state index in [4.69, 9.17) is 0 Å². The molecule has 1 saturated heterocycles. The monoisotopic (exact) mass is 421 g/mol. The lowest BCUT2D eigenvalue weighted by molar-refractivity contribution is -0.120. The first kappa shape index (κ1) is 20.5. The number of piperidine rings is 1. The standard InChI is InChI=1S/C19H23N3O4S2/c23-18(13-21-19(24)16-8-11-27-14-16)20-12-15-6-9-22(10-7-15)28(25,26)17-4-2-1-3-5-17/h1-5,8,11,14-15H,6-7,9-10,12-13H2,(H,20,23)(H,21,24). The molecule has 2 N–H and O–H groups in total. The molecule has 7 nitrogen and oxygen atoms in total. The molecule has 0 saturated carbocycles. The van der Waals surface area contributed by atoms with Crippen molar-refractivity contribution in [2.75, 3.05) is 26.2 Å².